The van der Waals surface area contributed by atoms with Crippen molar-refractivity contribution < 1.29 is 5.11 Å². The smallest absolute Gasteiger partial charge is 0.138 e. The molecule has 0 aliphatic rings. The molecule has 11 heavy (non-hydrogen) atoms. The highest BCUT2D eigenvalue weighted by Crippen LogP contribution is 2.19. The molecule has 0 aromatic heterocycles. The molecule has 0 bridgehead atoms. The lowest BCUT2D eigenvalue weighted by molar-refractivity contribution is 0.477. The van der Waals surface area contributed by atoms with Crippen LogP contribution in [0.3, 0.4) is 0 Å². The summed E-state index contributed by atoms with van der Waals surface area (Å²) in [5.74, 6) is 0.1000. The van der Waals surface area contributed by atoms with Crippen molar-refractivity contribution in [1.82, 2.24) is 0 Å². The van der Waals surface area contributed by atoms with Gasteiger partial charge in [-0.05, 0) is 17.7 Å². The fraction of sp³-hybridized carbons (Fsp3) is 0.143. The third-order valence-corrected chi connectivity index (χ3v) is 1.33. The summed E-state index contributed by atoms with van der Waals surface area (Å²) in [4.78, 5) is 0. The number of nitrogen functional groups attached to an aromatic ring is 1. The highest BCUT2D eigenvalue weighted by Gasteiger charge is 1.95. The fourth-order valence-electron chi connectivity index (χ4n) is 0.716. The molecule has 0 radical (unpaired) electrons. The zero-order chi connectivity index (χ0) is 7.56. The van der Waals surface area contributed by atoms with Crippen LogP contribution < -0.4 is 11.5 Å². The average Bonchev–Trinajstić information content (AvgIpc) is 1.95. The zero-order valence-electron chi connectivity index (χ0n) is 5.95. The molecule has 0 aliphatic carbocycles. The van der Waals surface area contributed by atoms with Crippen molar-refractivity contribution in [2.45, 2.75) is 6.54 Å². The summed E-state index contributed by atoms with van der Waals surface area (Å²) in [5, 5.41) is 9.05. The summed E-state index contributed by atoms with van der Waals surface area (Å²) < 4.78 is 0. The van der Waals surface area contributed by atoms with E-state index in [1.54, 1.807) is 18.2 Å². The number of phenolic OH excluding ortho intramolecular Hbond substituents is 1. The van der Waals surface area contributed by atoms with Gasteiger partial charge in [-0.3, -0.25) is 0 Å². The minimum absolute atomic E-state index is 0. The molecule has 0 atom stereocenters. The normalized spacial score (nSPS) is 8.82. The van der Waals surface area contributed by atoms with Gasteiger partial charge in [0.05, 0.1) is 5.69 Å². The van der Waals surface area contributed by atoms with Crippen LogP contribution in [0.4, 0.5) is 5.69 Å². The van der Waals surface area contributed by atoms with Crippen molar-refractivity contribution >= 4 is 18.1 Å². The van der Waals surface area contributed by atoms with Crippen molar-refractivity contribution in [3.63, 3.8) is 0 Å². The van der Waals surface area contributed by atoms with Gasteiger partial charge in [-0.2, -0.15) is 0 Å². The number of benzene rings is 1. The number of anilines is 1. The van der Waals surface area contributed by atoms with E-state index < -0.39 is 0 Å². The SMILES string of the molecule is Cl.NCc1ccc(N)c(O)c1. The second kappa shape index (κ2) is 4.05. The van der Waals surface area contributed by atoms with E-state index in [9.17, 15) is 0 Å². The monoisotopic (exact) mass is 174 g/mol. The van der Waals surface area contributed by atoms with E-state index in [2.05, 4.69) is 0 Å². The van der Waals surface area contributed by atoms with Crippen LogP contribution >= 0.6 is 12.4 Å². The molecule has 1 aromatic rings. The van der Waals surface area contributed by atoms with Crippen LogP contribution in [0.25, 0.3) is 0 Å². The Balaban J connectivity index is 0.000001000. The molecule has 0 saturated carbocycles. The molecule has 1 rings (SSSR count). The molecule has 0 spiro atoms. The van der Waals surface area contributed by atoms with E-state index in [1.807, 2.05) is 0 Å². The molecular weight excluding hydrogens is 164 g/mol. The molecule has 1 aromatic carbocycles. The topological polar surface area (TPSA) is 72.3 Å². The molecule has 62 valence electrons. The second-order valence-corrected chi connectivity index (χ2v) is 2.10. The summed E-state index contributed by atoms with van der Waals surface area (Å²) in [6, 6.07) is 4.99. The third kappa shape index (κ3) is 2.29. The van der Waals surface area contributed by atoms with E-state index in [0.29, 0.717) is 12.2 Å². The summed E-state index contributed by atoms with van der Waals surface area (Å²) in [5.41, 5.74) is 11.9. The van der Waals surface area contributed by atoms with Crippen molar-refractivity contribution in [3.8, 4) is 5.75 Å². The Morgan fingerprint density at radius 1 is 1.36 bits per heavy atom. The van der Waals surface area contributed by atoms with Crippen molar-refractivity contribution in [2.24, 2.45) is 5.73 Å². The zero-order valence-corrected chi connectivity index (χ0v) is 6.77. The molecule has 0 fully saturated rings. The first-order chi connectivity index (χ1) is 4.74. The first-order valence-electron chi connectivity index (χ1n) is 3.01. The number of hydrogen-bond acceptors (Lipinski definition) is 3. The third-order valence-electron chi connectivity index (χ3n) is 1.33. The Labute approximate surface area is 71.4 Å². The standard InChI is InChI=1S/C7H10N2O.ClH/c8-4-5-1-2-6(9)7(10)3-5;/h1-3,10H,4,8-9H2;1H. The summed E-state index contributed by atoms with van der Waals surface area (Å²) >= 11 is 0. The van der Waals surface area contributed by atoms with Gasteiger partial charge in [0.1, 0.15) is 5.75 Å². The predicted molar refractivity (Wildman–Crippen MR) is 47.7 cm³/mol. The lowest BCUT2D eigenvalue weighted by atomic mass is 10.2. The van der Waals surface area contributed by atoms with Gasteiger partial charge in [-0.15, -0.1) is 12.4 Å². The molecule has 0 saturated heterocycles. The minimum Gasteiger partial charge on any atom is -0.506 e. The van der Waals surface area contributed by atoms with Gasteiger partial charge >= 0.3 is 0 Å². The molecule has 3 nitrogen and oxygen atoms in total. The Morgan fingerprint density at radius 3 is 2.45 bits per heavy atom. The maximum absolute atomic E-state index is 9.05. The maximum atomic E-state index is 9.05. The van der Waals surface area contributed by atoms with Crippen molar-refractivity contribution in [3.05, 3.63) is 23.8 Å². The Kier molecular flexibility index (Phi) is 3.71. The maximum Gasteiger partial charge on any atom is 0.138 e. The fourth-order valence-corrected chi connectivity index (χ4v) is 0.716. The van der Waals surface area contributed by atoms with E-state index in [-0.39, 0.29) is 18.2 Å². The predicted octanol–water partition coefficient (Wildman–Crippen LogP) is 0.855. The van der Waals surface area contributed by atoms with Gasteiger partial charge in [0, 0.05) is 6.54 Å². The number of phenols is 1. The molecular formula is C7H11ClN2O. The van der Waals surface area contributed by atoms with Gasteiger partial charge in [-0.1, -0.05) is 6.07 Å². The Bertz CT molecular complexity index is 240. The van der Waals surface area contributed by atoms with Gasteiger partial charge in [0.25, 0.3) is 0 Å². The number of nitrogens with two attached hydrogens (primary N) is 2. The summed E-state index contributed by atoms with van der Waals surface area (Å²) in [7, 11) is 0. The van der Waals surface area contributed by atoms with Crippen LogP contribution in [-0.4, -0.2) is 5.11 Å². The molecule has 0 unspecified atom stereocenters. The average molecular weight is 175 g/mol. The molecule has 0 aliphatic heterocycles. The van der Waals surface area contributed by atoms with Crippen LogP contribution in [0.1, 0.15) is 5.56 Å². The highest BCUT2D eigenvalue weighted by atomic mass is 35.5. The number of rotatable bonds is 1. The summed E-state index contributed by atoms with van der Waals surface area (Å²) in [6.45, 7) is 0.424. The van der Waals surface area contributed by atoms with Crippen molar-refractivity contribution in [1.29, 1.82) is 0 Å². The van der Waals surface area contributed by atoms with E-state index in [4.69, 9.17) is 16.6 Å². The van der Waals surface area contributed by atoms with Gasteiger partial charge in [-0.25, -0.2) is 0 Å². The van der Waals surface area contributed by atoms with Crippen LogP contribution in [0.2, 0.25) is 0 Å². The summed E-state index contributed by atoms with van der Waals surface area (Å²) in [6.07, 6.45) is 0. The van der Waals surface area contributed by atoms with Gasteiger partial charge < -0.3 is 16.6 Å². The first kappa shape index (κ1) is 10.1. The lowest BCUT2D eigenvalue weighted by Gasteiger charge is -1.99. The largest absolute Gasteiger partial charge is 0.506 e. The van der Waals surface area contributed by atoms with Crippen LogP contribution in [0.5, 0.6) is 5.75 Å². The van der Waals surface area contributed by atoms with Gasteiger partial charge in [0.15, 0.2) is 0 Å². The van der Waals surface area contributed by atoms with E-state index in [1.165, 1.54) is 0 Å². The Morgan fingerprint density at radius 2 is 2.00 bits per heavy atom. The number of aromatic hydroxyl groups is 1. The first-order valence-corrected chi connectivity index (χ1v) is 3.01. The quantitative estimate of drug-likeness (QED) is 0.437. The minimum atomic E-state index is 0. The second-order valence-electron chi connectivity index (χ2n) is 2.10. The van der Waals surface area contributed by atoms with Crippen molar-refractivity contribution in [2.75, 3.05) is 5.73 Å². The van der Waals surface area contributed by atoms with Crippen LogP contribution in [0.15, 0.2) is 18.2 Å². The van der Waals surface area contributed by atoms with Gasteiger partial charge in [0.2, 0.25) is 0 Å². The number of halogens is 1. The van der Waals surface area contributed by atoms with E-state index in [0.717, 1.165) is 5.56 Å². The molecule has 5 N–H and O–H groups in total. The Hall–Kier alpha value is -0.930. The molecule has 4 heteroatoms. The van der Waals surface area contributed by atoms with Crippen LogP contribution in [0, 0.1) is 0 Å². The lowest BCUT2D eigenvalue weighted by Crippen LogP contribution is -1.96. The molecule has 0 heterocycles. The van der Waals surface area contributed by atoms with Crippen LogP contribution in [-0.2, 0) is 6.54 Å². The number of hydrogen-bond donors (Lipinski definition) is 3. The molecule has 0 amide bonds. The highest BCUT2D eigenvalue weighted by molar-refractivity contribution is 5.85. The van der Waals surface area contributed by atoms with E-state index >= 15 is 0 Å².